The van der Waals surface area contributed by atoms with Crippen LogP contribution in [0.1, 0.15) is 38.2 Å². The quantitative estimate of drug-likeness (QED) is 0.853. The maximum absolute atomic E-state index is 5.48. The van der Waals surface area contributed by atoms with Crippen LogP contribution in [0.2, 0.25) is 0 Å². The second kappa shape index (κ2) is 6.32. The molecular formula is C17H25N3S. The number of aromatic amines is 1. The molecule has 0 spiro atoms. The molecule has 1 atom stereocenters. The number of fused-ring (bicyclic) bond motifs is 1. The first-order chi connectivity index (χ1) is 10.1. The molecule has 1 aliphatic heterocycles. The third-order valence-corrected chi connectivity index (χ3v) is 5.02. The molecule has 1 saturated heterocycles. The molecule has 1 unspecified atom stereocenters. The van der Waals surface area contributed by atoms with Gasteiger partial charge in [-0.05, 0) is 69.6 Å². The van der Waals surface area contributed by atoms with Crippen molar-refractivity contribution in [2.24, 2.45) is 0 Å². The van der Waals surface area contributed by atoms with E-state index in [1.54, 1.807) is 0 Å². The minimum atomic E-state index is 0.748. The van der Waals surface area contributed by atoms with E-state index in [0.29, 0.717) is 0 Å². The summed E-state index contributed by atoms with van der Waals surface area (Å²) in [7, 11) is 0. The van der Waals surface area contributed by atoms with Crippen molar-refractivity contribution in [1.29, 1.82) is 0 Å². The van der Waals surface area contributed by atoms with E-state index in [-0.39, 0.29) is 0 Å². The first-order valence-corrected chi connectivity index (χ1v) is 8.49. The number of piperidine rings is 1. The molecule has 0 amide bonds. The van der Waals surface area contributed by atoms with Crippen LogP contribution in [0.25, 0.3) is 11.0 Å². The molecule has 2 heterocycles. The Kier molecular flexibility index (Phi) is 4.45. The number of hydrogen-bond donors (Lipinski definition) is 1. The van der Waals surface area contributed by atoms with Crippen LogP contribution >= 0.6 is 12.2 Å². The summed E-state index contributed by atoms with van der Waals surface area (Å²) in [4.78, 5) is 5.96. The Bertz CT molecular complexity index is 670. The van der Waals surface area contributed by atoms with Crippen LogP contribution in [-0.4, -0.2) is 33.6 Å². The lowest BCUT2D eigenvalue weighted by atomic mass is 10.0. The van der Waals surface area contributed by atoms with E-state index in [4.69, 9.17) is 12.2 Å². The highest BCUT2D eigenvalue weighted by Gasteiger charge is 2.17. The summed E-state index contributed by atoms with van der Waals surface area (Å²) in [6.07, 6.45) is 5.27. The van der Waals surface area contributed by atoms with Crippen LogP contribution in [0, 0.1) is 11.7 Å². The molecule has 0 saturated carbocycles. The minimum absolute atomic E-state index is 0.748. The van der Waals surface area contributed by atoms with Gasteiger partial charge in [-0.2, -0.15) is 0 Å². The molecule has 1 N–H and O–H groups in total. The first-order valence-electron chi connectivity index (χ1n) is 8.08. The standard InChI is InChI=1S/C17H25N3S/c1-13-7-8-16-15(12-13)18-17(21)20(16)11-5-10-19-9-4-3-6-14(19)2/h7-8,12,14H,3-6,9-11H2,1-2H3,(H,18,21). The van der Waals surface area contributed by atoms with E-state index < -0.39 is 0 Å². The normalized spacial score (nSPS) is 20.2. The Labute approximate surface area is 132 Å². The van der Waals surface area contributed by atoms with Crippen molar-refractivity contribution in [3.8, 4) is 0 Å². The number of nitrogens with one attached hydrogen (secondary N) is 1. The lowest BCUT2D eigenvalue weighted by Gasteiger charge is -2.33. The molecule has 2 aromatic rings. The van der Waals surface area contributed by atoms with Gasteiger partial charge in [0.2, 0.25) is 0 Å². The lowest BCUT2D eigenvalue weighted by Crippen LogP contribution is -2.38. The van der Waals surface area contributed by atoms with Crippen LogP contribution in [0.4, 0.5) is 0 Å². The molecule has 1 aromatic carbocycles. The van der Waals surface area contributed by atoms with Crippen molar-refractivity contribution in [2.75, 3.05) is 13.1 Å². The van der Waals surface area contributed by atoms with Crippen LogP contribution in [0.15, 0.2) is 18.2 Å². The van der Waals surface area contributed by atoms with E-state index in [9.17, 15) is 0 Å². The van der Waals surface area contributed by atoms with E-state index in [0.717, 1.165) is 22.9 Å². The van der Waals surface area contributed by atoms with Gasteiger partial charge in [-0.1, -0.05) is 12.5 Å². The molecule has 0 aliphatic carbocycles. The smallest absolute Gasteiger partial charge is 0.178 e. The van der Waals surface area contributed by atoms with Gasteiger partial charge in [-0.15, -0.1) is 0 Å². The molecule has 1 aliphatic rings. The average Bonchev–Trinajstić information content (AvgIpc) is 2.76. The van der Waals surface area contributed by atoms with Gasteiger partial charge in [-0.25, -0.2) is 0 Å². The fraction of sp³-hybridized carbons (Fsp3) is 0.588. The Morgan fingerprint density at radius 1 is 1.29 bits per heavy atom. The molecule has 3 nitrogen and oxygen atoms in total. The Morgan fingerprint density at radius 3 is 2.95 bits per heavy atom. The average molecular weight is 303 g/mol. The van der Waals surface area contributed by atoms with Crippen molar-refractivity contribution < 1.29 is 0 Å². The molecule has 114 valence electrons. The zero-order chi connectivity index (χ0) is 14.8. The van der Waals surface area contributed by atoms with E-state index in [1.165, 1.54) is 49.9 Å². The maximum Gasteiger partial charge on any atom is 0.178 e. The first kappa shape index (κ1) is 14.8. The van der Waals surface area contributed by atoms with Crippen LogP contribution in [0.5, 0.6) is 0 Å². The van der Waals surface area contributed by atoms with Gasteiger partial charge >= 0.3 is 0 Å². The predicted octanol–water partition coefficient (Wildman–Crippen LogP) is 4.27. The zero-order valence-corrected chi connectivity index (χ0v) is 13.9. The highest BCUT2D eigenvalue weighted by molar-refractivity contribution is 7.71. The summed E-state index contributed by atoms with van der Waals surface area (Å²) in [6, 6.07) is 7.26. The molecule has 1 fully saturated rings. The molecule has 0 radical (unpaired) electrons. The van der Waals surface area contributed by atoms with Gasteiger partial charge < -0.3 is 14.5 Å². The third kappa shape index (κ3) is 3.22. The summed E-state index contributed by atoms with van der Waals surface area (Å²) < 4.78 is 3.10. The van der Waals surface area contributed by atoms with Gasteiger partial charge in [0, 0.05) is 19.1 Å². The van der Waals surface area contributed by atoms with Crippen molar-refractivity contribution >= 4 is 23.3 Å². The molecule has 21 heavy (non-hydrogen) atoms. The third-order valence-electron chi connectivity index (χ3n) is 4.70. The number of aryl methyl sites for hydroxylation is 2. The van der Waals surface area contributed by atoms with Crippen molar-refractivity contribution in [1.82, 2.24) is 14.5 Å². The number of H-pyrrole nitrogens is 1. The lowest BCUT2D eigenvalue weighted by molar-refractivity contribution is 0.157. The van der Waals surface area contributed by atoms with E-state index >= 15 is 0 Å². The maximum atomic E-state index is 5.48. The second-order valence-electron chi connectivity index (χ2n) is 6.34. The number of hydrogen-bond acceptors (Lipinski definition) is 2. The monoisotopic (exact) mass is 303 g/mol. The highest BCUT2D eigenvalue weighted by atomic mass is 32.1. The second-order valence-corrected chi connectivity index (χ2v) is 6.72. The fourth-order valence-corrected chi connectivity index (χ4v) is 3.72. The summed E-state index contributed by atoms with van der Waals surface area (Å²) in [5.41, 5.74) is 3.66. The molecule has 0 bridgehead atoms. The SMILES string of the molecule is Cc1ccc2c(c1)[nH]c(=S)n2CCCN1CCCCC1C. The molecule has 3 rings (SSSR count). The van der Waals surface area contributed by atoms with Gasteiger partial charge in [0.05, 0.1) is 11.0 Å². The van der Waals surface area contributed by atoms with E-state index in [2.05, 4.69) is 46.5 Å². The van der Waals surface area contributed by atoms with Gasteiger partial charge in [0.15, 0.2) is 4.77 Å². The van der Waals surface area contributed by atoms with Crippen molar-refractivity contribution in [2.45, 2.75) is 52.1 Å². The van der Waals surface area contributed by atoms with Crippen LogP contribution < -0.4 is 0 Å². The number of imidazole rings is 1. The number of nitrogens with zero attached hydrogens (tertiary/aromatic N) is 2. The summed E-state index contributed by atoms with van der Waals surface area (Å²) in [5.74, 6) is 0. The zero-order valence-electron chi connectivity index (χ0n) is 13.1. The summed E-state index contributed by atoms with van der Waals surface area (Å²) in [5, 5.41) is 0. The number of rotatable bonds is 4. The summed E-state index contributed by atoms with van der Waals surface area (Å²) in [6.45, 7) is 7.93. The highest BCUT2D eigenvalue weighted by Crippen LogP contribution is 2.18. The number of benzene rings is 1. The van der Waals surface area contributed by atoms with Gasteiger partial charge in [0.1, 0.15) is 0 Å². The number of likely N-dealkylation sites (tertiary alicyclic amines) is 1. The Morgan fingerprint density at radius 2 is 2.14 bits per heavy atom. The fourth-order valence-electron chi connectivity index (χ4n) is 3.42. The number of aromatic nitrogens is 2. The van der Waals surface area contributed by atoms with Gasteiger partial charge in [-0.3, -0.25) is 0 Å². The Hall–Kier alpha value is -1.13. The topological polar surface area (TPSA) is 24.0 Å². The predicted molar refractivity (Wildman–Crippen MR) is 91.4 cm³/mol. The molecule has 1 aromatic heterocycles. The van der Waals surface area contributed by atoms with E-state index in [1.807, 2.05) is 0 Å². The largest absolute Gasteiger partial charge is 0.331 e. The molecule has 4 heteroatoms. The van der Waals surface area contributed by atoms with Gasteiger partial charge in [0.25, 0.3) is 0 Å². The van der Waals surface area contributed by atoms with Crippen LogP contribution in [-0.2, 0) is 6.54 Å². The van der Waals surface area contributed by atoms with Crippen molar-refractivity contribution in [3.63, 3.8) is 0 Å². The Balaban J connectivity index is 1.68. The minimum Gasteiger partial charge on any atom is -0.331 e. The van der Waals surface area contributed by atoms with Crippen molar-refractivity contribution in [3.05, 3.63) is 28.5 Å². The summed E-state index contributed by atoms with van der Waals surface area (Å²) >= 11 is 5.48. The molecular weight excluding hydrogens is 278 g/mol. The van der Waals surface area contributed by atoms with Crippen LogP contribution in [0.3, 0.4) is 0 Å².